The molecular weight excluding hydrogens is 259 g/mol. The topological polar surface area (TPSA) is 32.8 Å². The summed E-state index contributed by atoms with van der Waals surface area (Å²) in [6.07, 6.45) is 0.486. The molecule has 1 saturated heterocycles. The van der Waals surface area contributed by atoms with Gasteiger partial charge >= 0.3 is 6.09 Å². The average Bonchev–Trinajstić information content (AvgIpc) is 2.73. The molecule has 1 amide bonds. The van der Waals surface area contributed by atoms with Gasteiger partial charge in [0.1, 0.15) is 12.4 Å². The number of halogens is 1. The Hall–Kier alpha value is -1.62. The van der Waals surface area contributed by atoms with Gasteiger partial charge in [0.2, 0.25) is 0 Å². The van der Waals surface area contributed by atoms with Crippen LogP contribution in [0.4, 0.5) is 14.9 Å². The molecule has 2 aliphatic heterocycles. The Kier molecular flexibility index (Phi) is 3.38. The summed E-state index contributed by atoms with van der Waals surface area (Å²) in [5.74, 6) is -0.320. The molecule has 0 aromatic heterocycles. The fraction of sp³-hybridized carbons (Fsp3) is 0.533. The summed E-state index contributed by atoms with van der Waals surface area (Å²) in [5.41, 5.74) is 1.63. The highest BCUT2D eigenvalue weighted by Gasteiger charge is 2.37. The number of anilines is 1. The van der Waals surface area contributed by atoms with Crippen LogP contribution in [-0.2, 0) is 11.3 Å². The van der Waals surface area contributed by atoms with Crippen LogP contribution in [0.5, 0.6) is 0 Å². The number of cyclic esters (lactones) is 1. The number of nitrogens with zero attached hydrogens (tertiary/aromatic N) is 2. The normalized spacial score (nSPS) is 23.1. The van der Waals surface area contributed by atoms with E-state index < -0.39 is 0 Å². The molecule has 1 aromatic carbocycles. The van der Waals surface area contributed by atoms with E-state index in [1.807, 2.05) is 0 Å². The van der Waals surface area contributed by atoms with E-state index in [1.165, 1.54) is 12.1 Å². The van der Waals surface area contributed by atoms with E-state index in [4.69, 9.17) is 4.74 Å². The first-order chi connectivity index (χ1) is 9.56. The molecule has 1 atom stereocenters. The lowest BCUT2D eigenvalue weighted by Gasteiger charge is -2.34. The summed E-state index contributed by atoms with van der Waals surface area (Å²) < 4.78 is 18.7. The van der Waals surface area contributed by atoms with E-state index in [0.29, 0.717) is 18.3 Å². The molecule has 0 radical (unpaired) electrons. The molecule has 0 bridgehead atoms. The van der Waals surface area contributed by atoms with Crippen LogP contribution >= 0.6 is 0 Å². The summed E-state index contributed by atoms with van der Waals surface area (Å²) in [6, 6.07) is 5.09. The zero-order valence-electron chi connectivity index (χ0n) is 11.8. The second kappa shape index (κ2) is 5.05. The molecule has 5 heteroatoms. The van der Waals surface area contributed by atoms with E-state index in [0.717, 1.165) is 25.1 Å². The Morgan fingerprint density at radius 2 is 2.20 bits per heavy atom. The third-order valence-electron chi connectivity index (χ3n) is 4.12. The first-order valence-corrected chi connectivity index (χ1v) is 7.04. The maximum atomic E-state index is 13.6. The Bertz CT molecular complexity index is 533. The summed E-state index contributed by atoms with van der Waals surface area (Å²) in [5, 5.41) is 0. The molecule has 2 aliphatic rings. The molecule has 1 fully saturated rings. The number of carbonyl (C=O) groups excluding carboxylic acids is 1. The number of rotatable bonds is 1. The second-order valence-corrected chi connectivity index (χ2v) is 5.73. The van der Waals surface area contributed by atoms with Crippen LogP contribution in [0, 0.1) is 5.82 Å². The highest BCUT2D eigenvalue weighted by atomic mass is 19.1. The van der Waals surface area contributed by atoms with Crippen molar-refractivity contribution in [1.29, 1.82) is 0 Å². The van der Waals surface area contributed by atoms with Gasteiger partial charge in [-0.3, -0.25) is 9.80 Å². The monoisotopic (exact) mass is 278 g/mol. The van der Waals surface area contributed by atoms with Crippen molar-refractivity contribution in [1.82, 2.24) is 4.90 Å². The quantitative estimate of drug-likeness (QED) is 0.792. The predicted octanol–water partition coefficient (Wildman–Crippen LogP) is 2.77. The van der Waals surface area contributed by atoms with Crippen LogP contribution in [0.25, 0.3) is 0 Å². The van der Waals surface area contributed by atoms with E-state index in [1.54, 1.807) is 11.0 Å². The molecule has 0 saturated carbocycles. The van der Waals surface area contributed by atoms with Crippen molar-refractivity contribution in [2.75, 3.05) is 18.1 Å². The molecule has 1 unspecified atom stereocenters. The van der Waals surface area contributed by atoms with Crippen molar-refractivity contribution in [3.05, 3.63) is 29.6 Å². The molecule has 2 heterocycles. The van der Waals surface area contributed by atoms with Crippen LogP contribution < -0.4 is 4.90 Å². The standard InChI is InChI=1S/C15H19FN2O2/c1-10(2)17-6-5-13-9-20-15(19)18(13)14-7-12(16)4-3-11(14)8-17/h3-4,7,10,13H,5-6,8-9H2,1-2H3. The third-order valence-corrected chi connectivity index (χ3v) is 4.12. The lowest BCUT2D eigenvalue weighted by molar-refractivity contribution is 0.175. The minimum atomic E-state index is -0.361. The lowest BCUT2D eigenvalue weighted by atomic mass is 10.0. The zero-order valence-corrected chi connectivity index (χ0v) is 11.8. The zero-order chi connectivity index (χ0) is 14.3. The van der Waals surface area contributed by atoms with E-state index >= 15 is 0 Å². The molecule has 0 aliphatic carbocycles. The lowest BCUT2D eigenvalue weighted by Crippen LogP contribution is -2.42. The summed E-state index contributed by atoms with van der Waals surface area (Å²) >= 11 is 0. The predicted molar refractivity (Wildman–Crippen MR) is 74.2 cm³/mol. The second-order valence-electron chi connectivity index (χ2n) is 5.73. The Balaban J connectivity index is 2.05. The van der Waals surface area contributed by atoms with Gasteiger partial charge in [0, 0.05) is 19.1 Å². The van der Waals surface area contributed by atoms with Gasteiger partial charge in [-0.25, -0.2) is 9.18 Å². The summed E-state index contributed by atoms with van der Waals surface area (Å²) in [7, 11) is 0. The maximum Gasteiger partial charge on any atom is 0.414 e. The number of fused-ring (bicyclic) bond motifs is 3. The average molecular weight is 278 g/mol. The van der Waals surface area contributed by atoms with Crippen LogP contribution in [0.15, 0.2) is 18.2 Å². The fourth-order valence-corrected chi connectivity index (χ4v) is 2.92. The van der Waals surface area contributed by atoms with Crippen molar-refractivity contribution >= 4 is 11.8 Å². The van der Waals surface area contributed by atoms with Crippen LogP contribution in [-0.4, -0.2) is 36.2 Å². The van der Waals surface area contributed by atoms with Gasteiger partial charge in [-0.15, -0.1) is 0 Å². The van der Waals surface area contributed by atoms with Crippen LogP contribution in [0.2, 0.25) is 0 Å². The molecule has 1 aromatic rings. The smallest absolute Gasteiger partial charge is 0.414 e. The van der Waals surface area contributed by atoms with Crippen molar-refractivity contribution in [3.63, 3.8) is 0 Å². The first kappa shape index (κ1) is 13.4. The number of benzene rings is 1. The molecule has 0 spiro atoms. The Labute approximate surface area is 118 Å². The SMILES string of the molecule is CC(C)N1CCC2COC(=O)N2c2cc(F)ccc2C1. The molecule has 0 N–H and O–H groups in total. The summed E-state index contributed by atoms with van der Waals surface area (Å²) in [6.45, 7) is 6.33. The minimum Gasteiger partial charge on any atom is -0.447 e. The molecule has 108 valence electrons. The van der Waals surface area contributed by atoms with Crippen molar-refractivity contribution in [3.8, 4) is 0 Å². The Morgan fingerprint density at radius 1 is 1.40 bits per heavy atom. The van der Waals surface area contributed by atoms with Gasteiger partial charge < -0.3 is 4.74 Å². The number of hydrogen-bond acceptors (Lipinski definition) is 3. The molecule has 3 rings (SSSR count). The van der Waals surface area contributed by atoms with E-state index in [9.17, 15) is 9.18 Å². The number of hydrogen-bond donors (Lipinski definition) is 0. The molecule has 4 nitrogen and oxygen atoms in total. The number of ether oxygens (including phenoxy) is 1. The minimum absolute atomic E-state index is 0.00426. The third kappa shape index (κ3) is 2.26. The first-order valence-electron chi connectivity index (χ1n) is 7.04. The van der Waals surface area contributed by atoms with Crippen LogP contribution in [0.1, 0.15) is 25.8 Å². The van der Waals surface area contributed by atoms with E-state index in [2.05, 4.69) is 18.7 Å². The van der Waals surface area contributed by atoms with Gasteiger partial charge in [0.25, 0.3) is 0 Å². The fourth-order valence-electron chi connectivity index (χ4n) is 2.92. The largest absolute Gasteiger partial charge is 0.447 e. The van der Waals surface area contributed by atoms with Crippen molar-refractivity contribution in [2.24, 2.45) is 0 Å². The van der Waals surface area contributed by atoms with Gasteiger partial charge in [-0.2, -0.15) is 0 Å². The van der Waals surface area contributed by atoms with E-state index in [-0.39, 0.29) is 18.0 Å². The highest BCUT2D eigenvalue weighted by molar-refractivity contribution is 5.91. The van der Waals surface area contributed by atoms with Gasteiger partial charge in [0.05, 0.1) is 11.7 Å². The van der Waals surface area contributed by atoms with Crippen LogP contribution in [0.3, 0.4) is 0 Å². The van der Waals surface area contributed by atoms with Gasteiger partial charge in [-0.05, 0) is 38.0 Å². The van der Waals surface area contributed by atoms with Gasteiger partial charge in [-0.1, -0.05) is 6.07 Å². The number of carbonyl (C=O) groups is 1. The molecule has 20 heavy (non-hydrogen) atoms. The molecular formula is C15H19FN2O2. The van der Waals surface area contributed by atoms with Gasteiger partial charge in [0.15, 0.2) is 0 Å². The summed E-state index contributed by atoms with van der Waals surface area (Å²) in [4.78, 5) is 15.9. The van der Waals surface area contributed by atoms with Crippen molar-refractivity contribution < 1.29 is 13.9 Å². The van der Waals surface area contributed by atoms with Crippen molar-refractivity contribution in [2.45, 2.75) is 38.9 Å². The number of amides is 1. The Morgan fingerprint density at radius 3 is 2.95 bits per heavy atom. The maximum absolute atomic E-state index is 13.6. The highest BCUT2D eigenvalue weighted by Crippen LogP contribution is 2.32.